The Hall–Kier alpha value is -0.410. The van der Waals surface area contributed by atoms with Gasteiger partial charge in [-0.25, -0.2) is 4.98 Å². The summed E-state index contributed by atoms with van der Waals surface area (Å²) in [5.41, 5.74) is 7.33. The van der Waals surface area contributed by atoms with Crippen LogP contribution in [0.25, 0.3) is 0 Å². The molecule has 2 nitrogen and oxygen atoms in total. The molecule has 0 fully saturated rings. The predicted molar refractivity (Wildman–Crippen MR) is 67.1 cm³/mol. The third-order valence-corrected chi connectivity index (χ3v) is 4.27. The number of nitrogens with zero attached hydrogens (tertiary/aromatic N) is 1. The summed E-state index contributed by atoms with van der Waals surface area (Å²) in [4.78, 5) is 4.53. The molecule has 0 amide bonds. The Bertz CT molecular complexity index is 308. The van der Waals surface area contributed by atoms with Crippen LogP contribution in [0.15, 0.2) is 5.38 Å². The van der Waals surface area contributed by atoms with Crippen molar-refractivity contribution in [2.45, 2.75) is 52.5 Å². The van der Waals surface area contributed by atoms with Gasteiger partial charge in [-0.1, -0.05) is 27.2 Å². The quantitative estimate of drug-likeness (QED) is 0.835. The second kappa shape index (κ2) is 5.08. The summed E-state index contributed by atoms with van der Waals surface area (Å²) in [6.45, 7) is 8.66. The lowest BCUT2D eigenvalue weighted by atomic mass is 9.86. The predicted octanol–water partition coefficient (Wildman–Crippen LogP) is 3.45. The summed E-state index contributed by atoms with van der Waals surface area (Å²) in [7, 11) is 0. The highest BCUT2D eigenvalue weighted by molar-refractivity contribution is 7.09. The Labute approximate surface area is 96.9 Å². The van der Waals surface area contributed by atoms with Crippen molar-refractivity contribution in [1.82, 2.24) is 4.98 Å². The van der Waals surface area contributed by atoms with E-state index in [-0.39, 0.29) is 5.54 Å². The first-order valence-electron chi connectivity index (χ1n) is 5.73. The second-order valence-corrected chi connectivity index (χ2v) is 5.38. The number of hydrogen-bond acceptors (Lipinski definition) is 3. The molecule has 1 aromatic rings. The molecule has 15 heavy (non-hydrogen) atoms. The Balaban J connectivity index is 2.84. The van der Waals surface area contributed by atoms with Gasteiger partial charge < -0.3 is 5.73 Å². The SMILES string of the molecule is CCC(C)CC(N)(CC)c1nc(C)cs1. The van der Waals surface area contributed by atoms with E-state index >= 15 is 0 Å². The number of aryl methyl sites for hydroxylation is 1. The maximum atomic E-state index is 6.46. The van der Waals surface area contributed by atoms with E-state index in [1.54, 1.807) is 11.3 Å². The first-order valence-corrected chi connectivity index (χ1v) is 6.61. The fourth-order valence-electron chi connectivity index (χ4n) is 1.73. The molecule has 2 unspecified atom stereocenters. The van der Waals surface area contributed by atoms with Crippen LogP contribution >= 0.6 is 11.3 Å². The van der Waals surface area contributed by atoms with Crippen molar-refractivity contribution in [3.05, 3.63) is 16.1 Å². The van der Waals surface area contributed by atoms with Gasteiger partial charge >= 0.3 is 0 Å². The van der Waals surface area contributed by atoms with Crippen molar-refractivity contribution >= 4 is 11.3 Å². The molecule has 3 heteroatoms. The van der Waals surface area contributed by atoms with Gasteiger partial charge in [-0.05, 0) is 25.7 Å². The zero-order chi connectivity index (χ0) is 11.5. The number of thiazole rings is 1. The van der Waals surface area contributed by atoms with Crippen molar-refractivity contribution in [3.63, 3.8) is 0 Å². The molecule has 0 saturated heterocycles. The fraction of sp³-hybridized carbons (Fsp3) is 0.750. The molecule has 0 spiro atoms. The largest absolute Gasteiger partial charge is 0.319 e. The molecule has 0 radical (unpaired) electrons. The molecule has 0 saturated carbocycles. The van der Waals surface area contributed by atoms with Crippen LogP contribution < -0.4 is 5.73 Å². The Morgan fingerprint density at radius 3 is 2.60 bits per heavy atom. The van der Waals surface area contributed by atoms with Crippen molar-refractivity contribution < 1.29 is 0 Å². The van der Waals surface area contributed by atoms with E-state index in [2.05, 4.69) is 31.1 Å². The number of hydrogen-bond donors (Lipinski definition) is 1. The second-order valence-electron chi connectivity index (χ2n) is 4.52. The topological polar surface area (TPSA) is 38.9 Å². The van der Waals surface area contributed by atoms with Gasteiger partial charge in [0.1, 0.15) is 5.01 Å². The van der Waals surface area contributed by atoms with Crippen LogP contribution in [0.5, 0.6) is 0 Å². The lowest BCUT2D eigenvalue weighted by molar-refractivity contribution is 0.318. The zero-order valence-electron chi connectivity index (χ0n) is 10.2. The first kappa shape index (κ1) is 12.7. The molecule has 0 aliphatic rings. The normalized spacial score (nSPS) is 17.4. The van der Waals surface area contributed by atoms with Crippen molar-refractivity contribution in [2.75, 3.05) is 0 Å². The average Bonchev–Trinajstić information content (AvgIpc) is 2.65. The minimum absolute atomic E-state index is 0.214. The molecule has 0 aromatic carbocycles. The Morgan fingerprint density at radius 1 is 1.53 bits per heavy atom. The maximum Gasteiger partial charge on any atom is 0.113 e. The van der Waals surface area contributed by atoms with Crippen LogP contribution in [-0.2, 0) is 5.54 Å². The minimum Gasteiger partial charge on any atom is -0.319 e. The molecule has 1 aromatic heterocycles. The molecule has 1 heterocycles. The van der Waals surface area contributed by atoms with Gasteiger partial charge in [0, 0.05) is 11.1 Å². The molecule has 2 N–H and O–H groups in total. The molecule has 0 aliphatic carbocycles. The smallest absolute Gasteiger partial charge is 0.113 e. The summed E-state index contributed by atoms with van der Waals surface area (Å²) >= 11 is 1.70. The van der Waals surface area contributed by atoms with Gasteiger partial charge in [0.05, 0.1) is 5.54 Å². The summed E-state index contributed by atoms with van der Waals surface area (Å²) in [6.07, 6.45) is 3.18. The van der Waals surface area contributed by atoms with Gasteiger partial charge in [-0.2, -0.15) is 0 Å². The summed E-state index contributed by atoms with van der Waals surface area (Å²) in [5.74, 6) is 0.666. The van der Waals surface area contributed by atoms with Crippen molar-refractivity contribution in [3.8, 4) is 0 Å². The van der Waals surface area contributed by atoms with Gasteiger partial charge in [0.15, 0.2) is 0 Å². The Morgan fingerprint density at radius 2 is 2.20 bits per heavy atom. The lowest BCUT2D eigenvalue weighted by Crippen LogP contribution is -2.37. The average molecular weight is 226 g/mol. The van der Waals surface area contributed by atoms with E-state index in [0.29, 0.717) is 5.92 Å². The fourth-order valence-corrected chi connectivity index (χ4v) is 2.73. The third-order valence-electron chi connectivity index (χ3n) is 3.09. The molecule has 86 valence electrons. The van der Waals surface area contributed by atoms with Gasteiger partial charge in [0.25, 0.3) is 0 Å². The number of nitrogens with two attached hydrogens (primary N) is 1. The maximum absolute atomic E-state index is 6.46. The van der Waals surface area contributed by atoms with Crippen LogP contribution in [0.3, 0.4) is 0 Å². The first-order chi connectivity index (χ1) is 7.01. The summed E-state index contributed by atoms with van der Waals surface area (Å²) in [5, 5.41) is 3.19. The van der Waals surface area contributed by atoms with Crippen LogP contribution in [0.1, 0.15) is 50.7 Å². The highest BCUT2D eigenvalue weighted by Crippen LogP contribution is 2.32. The lowest BCUT2D eigenvalue weighted by Gasteiger charge is -2.28. The standard InChI is InChI=1S/C12H22N2S/c1-5-9(3)7-12(13,6-2)11-14-10(4)8-15-11/h8-9H,5-7,13H2,1-4H3. The van der Waals surface area contributed by atoms with Crippen LogP contribution in [-0.4, -0.2) is 4.98 Å². The van der Waals surface area contributed by atoms with Crippen LogP contribution in [0.2, 0.25) is 0 Å². The summed E-state index contributed by atoms with van der Waals surface area (Å²) in [6, 6.07) is 0. The monoisotopic (exact) mass is 226 g/mol. The van der Waals surface area contributed by atoms with Gasteiger partial charge in [0.2, 0.25) is 0 Å². The molecule has 2 atom stereocenters. The Kier molecular flexibility index (Phi) is 4.29. The molecular formula is C12H22N2S. The zero-order valence-corrected chi connectivity index (χ0v) is 11.0. The van der Waals surface area contributed by atoms with E-state index < -0.39 is 0 Å². The number of aromatic nitrogens is 1. The molecular weight excluding hydrogens is 204 g/mol. The summed E-state index contributed by atoms with van der Waals surface area (Å²) < 4.78 is 0. The van der Waals surface area contributed by atoms with E-state index in [9.17, 15) is 0 Å². The highest BCUT2D eigenvalue weighted by Gasteiger charge is 2.29. The van der Waals surface area contributed by atoms with E-state index in [1.165, 1.54) is 6.42 Å². The third kappa shape index (κ3) is 3.02. The van der Waals surface area contributed by atoms with Crippen LogP contribution in [0, 0.1) is 12.8 Å². The van der Waals surface area contributed by atoms with Crippen molar-refractivity contribution in [1.29, 1.82) is 0 Å². The van der Waals surface area contributed by atoms with E-state index in [4.69, 9.17) is 5.73 Å². The molecule has 0 aliphatic heterocycles. The minimum atomic E-state index is -0.214. The van der Waals surface area contributed by atoms with Gasteiger partial charge in [-0.3, -0.25) is 0 Å². The van der Waals surface area contributed by atoms with E-state index in [1.807, 2.05) is 6.92 Å². The molecule has 1 rings (SSSR count). The number of rotatable bonds is 5. The van der Waals surface area contributed by atoms with Crippen molar-refractivity contribution in [2.24, 2.45) is 11.7 Å². The van der Waals surface area contributed by atoms with E-state index in [0.717, 1.165) is 23.5 Å². The van der Waals surface area contributed by atoms with Gasteiger partial charge in [-0.15, -0.1) is 11.3 Å². The molecule has 0 bridgehead atoms. The van der Waals surface area contributed by atoms with Crippen LogP contribution in [0.4, 0.5) is 0 Å². The highest BCUT2D eigenvalue weighted by atomic mass is 32.1.